The molecule has 0 spiro atoms. The van der Waals surface area contributed by atoms with E-state index in [2.05, 4.69) is 24.7 Å². The molecule has 0 saturated carbocycles. The lowest BCUT2D eigenvalue weighted by Gasteiger charge is -2.07. The van der Waals surface area contributed by atoms with Crippen molar-refractivity contribution in [3.05, 3.63) is 30.2 Å². The Labute approximate surface area is 192 Å². The van der Waals surface area contributed by atoms with Gasteiger partial charge in [-0.05, 0) is 18.9 Å². The molecule has 0 radical (unpaired) electrons. The smallest absolute Gasteiger partial charge is 0.408 e. The van der Waals surface area contributed by atoms with Crippen LogP contribution in [-0.2, 0) is 26.0 Å². The van der Waals surface area contributed by atoms with Crippen molar-refractivity contribution in [1.29, 1.82) is 0 Å². The third kappa shape index (κ3) is 19.0. The Balaban J connectivity index is 0.00000116. The molecule has 1 aromatic heterocycles. The number of aliphatic imine (C=N–C) groups is 1. The first-order valence-corrected chi connectivity index (χ1v) is 11.1. The molecule has 7 N–H and O–H groups in total. The SMILES string of the molecule is CS(=O)(=O)N=C(N)CCCCc1nccc(NC(N)=NCC(F)(F)F)n1.O=C(O)/C=C\C(=O)O. The van der Waals surface area contributed by atoms with E-state index in [1.54, 1.807) is 0 Å². The van der Waals surface area contributed by atoms with Crippen LogP contribution in [0.15, 0.2) is 33.8 Å². The second kappa shape index (κ2) is 14.4. The van der Waals surface area contributed by atoms with Gasteiger partial charge in [0.05, 0.1) is 6.26 Å². The molecule has 13 nitrogen and oxygen atoms in total. The van der Waals surface area contributed by atoms with Crippen molar-refractivity contribution in [3.8, 4) is 0 Å². The van der Waals surface area contributed by atoms with Crippen molar-refractivity contribution < 1.29 is 41.4 Å². The molecular formula is C17H24F3N7O6S. The zero-order valence-electron chi connectivity index (χ0n) is 17.9. The molecule has 0 aromatic carbocycles. The molecule has 34 heavy (non-hydrogen) atoms. The number of anilines is 1. The fraction of sp³-hybridized carbons (Fsp3) is 0.412. The van der Waals surface area contributed by atoms with E-state index in [9.17, 15) is 31.2 Å². The van der Waals surface area contributed by atoms with Crippen LogP contribution in [0.4, 0.5) is 19.0 Å². The van der Waals surface area contributed by atoms with Crippen LogP contribution in [0, 0.1) is 0 Å². The maximum absolute atomic E-state index is 12.1. The number of nitrogens with two attached hydrogens (primary N) is 2. The van der Waals surface area contributed by atoms with Gasteiger partial charge in [-0.25, -0.2) is 33.0 Å². The zero-order valence-corrected chi connectivity index (χ0v) is 18.7. The zero-order chi connectivity index (χ0) is 26.4. The molecule has 1 aromatic rings. The van der Waals surface area contributed by atoms with Crippen molar-refractivity contribution >= 4 is 39.6 Å². The highest BCUT2D eigenvalue weighted by atomic mass is 32.2. The van der Waals surface area contributed by atoms with Gasteiger partial charge in [-0.3, -0.25) is 0 Å². The summed E-state index contributed by atoms with van der Waals surface area (Å²) >= 11 is 0. The first-order valence-electron chi connectivity index (χ1n) is 9.21. The summed E-state index contributed by atoms with van der Waals surface area (Å²) in [6, 6.07) is 1.44. The molecule has 17 heteroatoms. The van der Waals surface area contributed by atoms with Crippen LogP contribution in [0.2, 0.25) is 0 Å². The van der Waals surface area contributed by atoms with Crippen molar-refractivity contribution in [2.24, 2.45) is 20.9 Å². The summed E-state index contributed by atoms with van der Waals surface area (Å²) in [5.41, 5.74) is 10.9. The van der Waals surface area contributed by atoms with E-state index in [1.165, 1.54) is 12.3 Å². The monoisotopic (exact) mass is 511 g/mol. The lowest BCUT2D eigenvalue weighted by atomic mass is 10.2. The summed E-state index contributed by atoms with van der Waals surface area (Å²) in [4.78, 5) is 30.4. The lowest BCUT2D eigenvalue weighted by Crippen LogP contribution is -2.26. The predicted octanol–water partition coefficient (Wildman–Crippen LogP) is 0.507. The molecule has 190 valence electrons. The van der Waals surface area contributed by atoms with E-state index in [4.69, 9.17) is 21.7 Å². The number of carbonyl (C=O) groups is 2. The van der Waals surface area contributed by atoms with E-state index < -0.39 is 40.6 Å². The van der Waals surface area contributed by atoms with Crippen molar-refractivity contribution in [1.82, 2.24) is 9.97 Å². The Morgan fingerprint density at radius 2 is 1.76 bits per heavy atom. The van der Waals surface area contributed by atoms with Gasteiger partial charge in [0.25, 0.3) is 10.0 Å². The molecule has 0 unspecified atom stereocenters. The number of guanidine groups is 1. The van der Waals surface area contributed by atoms with E-state index in [0.717, 1.165) is 6.26 Å². The first-order chi connectivity index (χ1) is 15.6. The van der Waals surface area contributed by atoms with Gasteiger partial charge in [0.2, 0.25) is 0 Å². The molecule has 0 fully saturated rings. The van der Waals surface area contributed by atoms with Crippen molar-refractivity contribution in [3.63, 3.8) is 0 Å². The van der Waals surface area contributed by atoms with Gasteiger partial charge in [0.1, 0.15) is 24.0 Å². The quantitative estimate of drug-likeness (QED) is 0.126. The van der Waals surface area contributed by atoms with Gasteiger partial charge in [0, 0.05) is 31.2 Å². The average Bonchev–Trinajstić information content (AvgIpc) is 2.67. The molecule has 1 rings (SSSR count). The van der Waals surface area contributed by atoms with Gasteiger partial charge < -0.3 is 27.0 Å². The molecule has 1 heterocycles. The summed E-state index contributed by atoms with van der Waals surface area (Å²) in [6.07, 6.45) is 1.01. The van der Waals surface area contributed by atoms with E-state index in [1.807, 2.05) is 0 Å². The number of carboxylic acids is 2. The maximum atomic E-state index is 12.1. The molecule has 0 bridgehead atoms. The Kier molecular flexibility index (Phi) is 12.8. The lowest BCUT2D eigenvalue weighted by molar-refractivity contribution is -0.134. The van der Waals surface area contributed by atoms with E-state index >= 15 is 0 Å². The number of aliphatic carboxylic acids is 2. The van der Waals surface area contributed by atoms with Crippen molar-refractivity contribution in [2.75, 3.05) is 18.1 Å². The maximum Gasteiger partial charge on any atom is 0.408 e. The number of rotatable bonds is 10. The summed E-state index contributed by atoms with van der Waals surface area (Å²) in [7, 11) is -3.51. The Morgan fingerprint density at radius 1 is 1.18 bits per heavy atom. The second-order valence-corrected chi connectivity index (χ2v) is 7.98. The Bertz CT molecular complexity index is 1010. The van der Waals surface area contributed by atoms with Crippen LogP contribution >= 0.6 is 0 Å². The Morgan fingerprint density at radius 3 is 2.26 bits per heavy atom. The van der Waals surface area contributed by atoms with Gasteiger partial charge in [-0.2, -0.15) is 17.6 Å². The Hall–Kier alpha value is -3.76. The molecule has 0 saturated heterocycles. The minimum absolute atomic E-state index is 0.0254. The highest BCUT2D eigenvalue weighted by Gasteiger charge is 2.26. The van der Waals surface area contributed by atoms with Gasteiger partial charge in [0.15, 0.2) is 5.96 Å². The normalized spacial score (nSPS) is 12.7. The highest BCUT2D eigenvalue weighted by molar-refractivity contribution is 7.89. The standard InChI is InChI=1S/C13H20F3N7O2S.C4H4O4/c1-26(24,25)23-9(17)4-2-3-5-10-19-7-6-11(21-10)22-12(18)20-8-13(14,15)16;5-3(6)1-2-4(7)8/h6-7H,2-5,8H2,1H3,(H2,17,23)(H3,18,19,20,21,22);1-2H,(H,5,6)(H,7,8)/b;2-1-. The topological polar surface area (TPSA) is 223 Å². The third-order valence-electron chi connectivity index (χ3n) is 3.13. The minimum Gasteiger partial charge on any atom is -0.478 e. The molecule has 0 aliphatic carbocycles. The van der Waals surface area contributed by atoms with Crippen molar-refractivity contribution in [2.45, 2.75) is 31.9 Å². The fourth-order valence-corrected chi connectivity index (χ4v) is 2.44. The fourth-order valence-electron chi connectivity index (χ4n) is 1.93. The van der Waals surface area contributed by atoms with Crippen LogP contribution in [0.3, 0.4) is 0 Å². The summed E-state index contributed by atoms with van der Waals surface area (Å²) in [5.74, 6) is -2.23. The minimum atomic E-state index is -4.44. The molecule has 0 aliphatic heterocycles. The number of sulfonamides is 1. The van der Waals surface area contributed by atoms with E-state index in [-0.39, 0.29) is 11.7 Å². The summed E-state index contributed by atoms with van der Waals surface area (Å²) in [5, 5.41) is 18.1. The van der Waals surface area contributed by atoms with Crippen LogP contribution in [0.25, 0.3) is 0 Å². The molecular weight excluding hydrogens is 487 g/mol. The number of nitrogens with one attached hydrogen (secondary N) is 1. The number of hydrogen-bond donors (Lipinski definition) is 5. The van der Waals surface area contributed by atoms with Crippen LogP contribution in [-0.4, -0.2) is 71.3 Å². The van der Waals surface area contributed by atoms with Gasteiger partial charge in [-0.15, -0.1) is 0 Å². The second-order valence-electron chi connectivity index (χ2n) is 6.33. The first kappa shape index (κ1) is 30.2. The predicted molar refractivity (Wildman–Crippen MR) is 117 cm³/mol. The number of halogens is 3. The number of carboxylic acid groups (broad SMARTS) is 2. The van der Waals surface area contributed by atoms with Crippen LogP contribution in [0.1, 0.15) is 25.1 Å². The van der Waals surface area contributed by atoms with Crippen LogP contribution < -0.4 is 16.8 Å². The number of amidine groups is 1. The number of nitrogens with zero attached hydrogens (tertiary/aromatic N) is 4. The number of hydrogen-bond acceptors (Lipinski definition) is 7. The van der Waals surface area contributed by atoms with Crippen LogP contribution in [0.5, 0.6) is 0 Å². The number of aromatic nitrogens is 2. The molecule has 0 amide bonds. The molecule has 0 atom stereocenters. The third-order valence-corrected chi connectivity index (χ3v) is 3.69. The van der Waals surface area contributed by atoms with E-state index in [0.29, 0.717) is 43.7 Å². The largest absolute Gasteiger partial charge is 0.478 e. The van der Waals surface area contributed by atoms with Gasteiger partial charge in [-0.1, -0.05) is 0 Å². The number of unbranched alkanes of at least 4 members (excludes halogenated alkanes) is 1. The number of aryl methyl sites for hydroxylation is 1. The molecule has 0 aliphatic rings. The summed E-state index contributed by atoms with van der Waals surface area (Å²) < 4.78 is 61.5. The summed E-state index contributed by atoms with van der Waals surface area (Å²) in [6.45, 7) is -1.39. The van der Waals surface area contributed by atoms with Gasteiger partial charge >= 0.3 is 18.1 Å². The number of alkyl halides is 3. The average molecular weight is 511 g/mol. The highest BCUT2D eigenvalue weighted by Crippen LogP contribution is 2.14.